The van der Waals surface area contributed by atoms with Crippen molar-refractivity contribution in [1.29, 1.82) is 0 Å². The zero-order valence-corrected chi connectivity index (χ0v) is 11.5. The summed E-state index contributed by atoms with van der Waals surface area (Å²) in [5.41, 5.74) is 2.72. The molecular formula is C15H23NO2. The highest BCUT2D eigenvalue weighted by molar-refractivity contribution is 5.31. The lowest BCUT2D eigenvalue weighted by molar-refractivity contribution is 0.0321. The summed E-state index contributed by atoms with van der Waals surface area (Å²) < 4.78 is 11.1. The summed E-state index contributed by atoms with van der Waals surface area (Å²) in [4.78, 5) is 0. The lowest BCUT2D eigenvalue weighted by Crippen LogP contribution is -2.45. The summed E-state index contributed by atoms with van der Waals surface area (Å²) in [6, 6.07) is 8.56. The number of methoxy groups -OCH3 is 1. The molecule has 2 rings (SSSR count). The largest absolute Gasteiger partial charge is 0.383 e. The summed E-state index contributed by atoms with van der Waals surface area (Å²) in [7, 11) is 1.73. The van der Waals surface area contributed by atoms with Gasteiger partial charge in [0.1, 0.15) is 0 Å². The highest BCUT2D eigenvalue weighted by Crippen LogP contribution is 2.26. The highest BCUT2D eigenvalue weighted by atomic mass is 16.5. The molecule has 1 aromatic carbocycles. The molecule has 18 heavy (non-hydrogen) atoms. The van der Waals surface area contributed by atoms with E-state index in [-0.39, 0.29) is 11.6 Å². The second kappa shape index (κ2) is 5.83. The van der Waals surface area contributed by atoms with Gasteiger partial charge in [0.2, 0.25) is 0 Å². The van der Waals surface area contributed by atoms with Crippen molar-refractivity contribution in [1.82, 2.24) is 5.32 Å². The first kappa shape index (κ1) is 13.5. The molecule has 1 atom stereocenters. The average molecular weight is 249 g/mol. The van der Waals surface area contributed by atoms with E-state index >= 15 is 0 Å². The number of hydrogen-bond acceptors (Lipinski definition) is 3. The molecule has 0 fully saturated rings. The van der Waals surface area contributed by atoms with Crippen LogP contribution in [0.3, 0.4) is 0 Å². The maximum atomic E-state index is 5.87. The standard InChI is InChI=1S/C15H23NO2/c1-15(2,11-17-3)16-10-14-13-7-5-4-6-12(13)8-9-18-14/h4-7,14,16H,8-11H2,1-3H3. The van der Waals surface area contributed by atoms with E-state index in [0.717, 1.165) is 19.6 Å². The third-order valence-electron chi connectivity index (χ3n) is 3.36. The van der Waals surface area contributed by atoms with Gasteiger partial charge >= 0.3 is 0 Å². The van der Waals surface area contributed by atoms with E-state index in [2.05, 4.69) is 43.4 Å². The van der Waals surface area contributed by atoms with E-state index in [1.165, 1.54) is 11.1 Å². The van der Waals surface area contributed by atoms with Crippen LogP contribution in [0.15, 0.2) is 24.3 Å². The number of ether oxygens (including phenoxy) is 2. The van der Waals surface area contributed by atoms with Gasteiger partial charge in [-0.1, -0.05) is 24.3 Å². The minimum Gasteiger partial charge on any atom is -0.383 e. The van der Waals surface area contributed by atoms with E-state index in [4.69, 9.17) is 9.47 Å². The third-order valence-corrected chi connectivity index (χ3v) is 3.36. The zero-order chi connectivity index (χ0) is 13.0. The van der Waals surface area contributed by atoms with Gasteiger partial charge in [-0.2, -0.15) is 0 Å². The molecule has 3 heteroatoms. The first-order valence-electron chi connectivity index (χ1n) is 6.56. The van der Waals surface area contributed by atoms with Crippen LogP contribution in [-0.2, 0) is 15.9 Å². The van der Waals surface area contributed by atoms with E-state index in [0.29, 0.717) is 6.61 Å². The van der Waals surface area contributed by atoms with E-state index in [9.17, 15) is 0 Å². The van der Waals surface area contributed by atoms with E-state index in [1.807, 2.05) is 0 Å². The lowest BCUT2D eigenvalue weighted by atomic mass is 9.97. The number of rotatable bonds is 5. The van der Waals surface area contributed by atoms with Crippen LogP contribution in [0.2, 0.25) is 0 Å². The average Bonchev–Trinajstić information content (AvgIpc) is 2.36. The molecule has 1 N–H and O–H groups in total. The van der Waals surface area contributed by atoms with Crippen molar-refractivity contribution < 1.29 is 9.47 Å². The van der Waals surface area contributed by atoms with Crippen LogP contribution in [0.4, 0.5) is 0 Å². The number of fused-ring (bicyclic) bond motifs is 1. The summed E-state index contributed by atoms with van der Waals surface area (Å²) >= 11 is 0. The molecule has 1 aliphatic heterocycles. The Morgan fingerprint density at radius 2 is 2.17 bits per heavy atom. The Balaban J connectivity index is 1.99. The molecule has 1 heterocycles. The predicted octanol–water partition coefficient (Wildman–Crippen LogP) is 2.32. The topological polar surface area (TPSA) is 30.5 Å². The van der Waals surface area contributed by atoms with Gasteiger partial charge in [0.05, 0.1) is 19.3 Å². The van der Waals surface area contributed by atoms with E-state index < -0.39 is 0 Å². The molecule has 3 nitrogen and oxygen atoms in total. The molecule has 0 aromatic heterocycles. The van der Waals surface area contributed by atoms with Crippen molar-refractivity contribution in [2.45, 2.75) is 31.9 Å². The van der Waals surface area contributed by atoms with Crippen molar-refractivity contribution in [2.24, 2.45) is 0 Å². The van der Waals surface area contributed by atoms with Crippen molar-refractivity contribution in [2.75, 3.05) is 26.9 Å². The maximum absolute atomic E-state index is 5.87. The smallest absolute Gasteiger partial charge is 0.0952 e. The van der Waals surface area contributed by atoms with Crippen molar-refractivity contribution in [3.63, 3.8) is 0 Å². The monoisotopic (exact) mass is 249 g/mol. The predicted molar refractivity (Wildman–Crippen MR) is 72.8 cm³/mol. The second-order valence-corrected chi connectivity index (χ2v) is 5.51. The van der Waals surface area contributed by atoms with Gasteiger partial charge in [0.15, 0.2) is 0 Å². The zero-order valence-electron chi connectivity index (χ0n) is 11.5. The van der Waals surface area contributed by atoms with Crippen molar-refractivity contribution >= 4 is 0 Å². The molecule has 0 radical (unpaired) electrons. The fourth-order valence-electron chi connectivity index (χ4n) is 2.43. The summed E-state index contributed by atoms with van der Waals surface area (Å²) in [5.74, 6) is 0. The molecule has 0 spiro atoms. The first-order valence-corrected chi connectivity index (χ1v) is 6.56. The Kier molecular flexibility index (Phi) is 4.38. The molecular weight excluding hydrogens is 226 g/mol. The fourth-order valence-corrected chi connectivity index (χ4v) is 2.43. The van der Waals surface area contributed by atoms with Crippen molar-refractivity contribution in [3.8, 4) is 0 Å². The van der Waals surface area contributed by atoms with Crippen LogP contribution in [-0.4, -0.2) is 32.4 Å². The van der Waals surface area contributed by atoms with Crippen LogP contribution in [0.25, 0.3) is 0 Å². The van der Waals surface area contributed by atoms with Gasteiger partial charge in [-0.3, -0.25) is 0 Å². The van der Waals surface area contributed by atoms with Crippen LogP contribution in [0.1, 0.15) is 31.1 Å². The number of hydrogen-bond donors (Lipinski definition) is 1. The molecule has 0 saturated heterocycles. The SMILES string of the molecule is COCC(C)(C)NCC1OCCc2ccccc21. The van der Waals surface area contributed by atoms with Gasteiger partial charge < -0.3 is 14.8 Å². The second-order valence-electron chi connectivity index (χ2n) is 5.51. The quantitative estimate of drug-likeness (QED) is 0.868. The Bertz CT molecular complexity index is 390. The Hall–Kier alpha value is -0.900. The highest BCUT2D eigenvalue weighted by Gasteiger charge is 2.23. The molecule has 0 bridgehead atoms. The van der Waals surface area contributed by atoms with Gasteiger partial charge in [-0.25, -0.2) is 0 Å². The molecule has 0 aliphatic carbocycles. The lowest BCUT2D eigenvalue weighted by Gasteiger charge is -2.31. The van der Waals surface area contributed by atoms with Gasteiger partial charge in [0, 0.05) is 19.2 Å². The maximum Gasteiger partial charge on any atom is 0.0952 e. The number of nitrogens with one attached hydrogen (secondary N) is 1. The normalized spacial score (nSPS) is 19.6. The summed E-state index contributed by atoms with van der Waals surface area (Å²) in [6.07, 6.45) is 1.18. The molecule has 0 saturated carbocycles. The van der Waals surface area contributed by atoms with Crippen LogP contribution < -0.4 is 5.32 Å². The molecule has 1 aliphatic rings. The molecule has 1 aromatic rings. The van der Waals surface area contributed by atoms with Crippen molar-refractivity contribution in [3.05, 3.63) is 35.4 Å². The van der Waals surface area contributed by atoms with Crippen LogP contribution >= 0.6 is 0 Å². The van der Waals surface area contributed by atoms with Gasteiger partial charge in [-0.15, -0.1) is 0 Å². The van der Waals surface area contributed by atoms with Crippen LogP contribution in [0.5, 0.6) is 0 Å². The summed E-state index contributed by atoms with van der Waals surface area (Å²) in [6.45, 7) is 6.62. The molecule has 100 valence electrons. The number of benzene rings is 1. The third kappa shape index (κ3) is 3.31. The Morgan fingerprint density at radius 1 is 1.39 bits per heavy atom. The Labute approximate surface area is 109 Å². The van der Waals surface area contributed by atoms with Gasteiger partial charge in [0.25, 0.3) is 0 Å². The van der Waals surface area contributed by atoms with E-state index in [1.54, 1.807) is 7.11 Å². The fraction of sp³-hybridized carbons (Fsp3) is 0.600. The molecule has 0 amide bonds. The Morgan fingerprint density at radius 3 is 2.94 bits per heavy atom. The summed E-state index contributed by atoms with van der Waals surface area (Å²) in [5, 5.41) is 3.52. The van der Waals surface area contributed by atoms with Crippen LogP contribution in [0, 0.1) is 0 Å². The minimum absolute atomic E-state index is 0.0233. The first-order chi connectivity index (χ1) is 8.62. The van der Waals surface area contributed by atoms with Gasteiger partial charge in [-0.05, 0) is 31.4 Å². The minimum atomic E-state index is -0.0233. The molecule has 1 unspecified atom stereocenters.